The van der Waals surface area contributed by atoms with Gasteiger partial charge in [0.2, 0.25) is 0 Å². The van der Waals surface area contributed by atoms with Crippen LogP contribution in [-0.2, 0) is 63.6 Å². The normalized spacial score (nSPS) is 14.9. The molecule has 14 heteroatoms. The molecule has 0 unspecified atom stereocenters. The molecule has 1 aliphatic carbocycles. The maximum absolute atomic E-state index is 12.7. The number of ether oxygens (including phenoxy) is 9. The summed E-state index contributed by atoms with van der Waals surface area (Å²) >= 11 is 0. The van der Waals surface area contributed by atoms with Gasteiger partial charge in [0.05, 0.1) is 31.8 Å². The molecule has 0 saturated heterocycles. The van der Waals surface area contributed by atoms with Gasteiger partial charge in [0.1, 0.15) is 44.5 Å². The van der Waals surface area contributed by atoms with Crippen molar-refractivity contribution in [1.82, 2.24) is 0 Å². The van der Waals surface area contributed by atoms with E-state index in [0.29, 0.717) is 49.5 Å². The van der Waals surface area contributed by atoms with E-state index in [1.165, 1.54) is 65.6 Å². The van der Waals surface area contributed by atoms with Crippen LogP contribution in [-0.4, -0.2) is 104 Å². The summed E-state index contributed by atoms with van der Waals surface area (Å²) in [5, 5.41) is 0. The van der Waals surface area contributed by atoms with Crippen molar-refractivity contribution < 1.29 is 66.6 Å². The van der Waals surface area contributed by atoms with E-state index in [4.69, 9.17) is 42.6 Å². The van der Waals surface area contributed by atoms with Crippen molar-refractivity contribution in [1.29, 1.82) is 0 Å². The number of unbranched alkanes of at least 4 members (excludes halogenated alkanes) is 2. The van der Waals surface area contributed by atoms with E-state index in [2.05, 4.69) is 13.5 Å². The van der Waals surface area contributed by atoms with Gasteiger partial charge in [0, 0.05) is 19.8 Å². The lowest BCUT2D eigenvalue weighted by Gasteiger charge is -2.32. The molecule has 3 rings (SSSR count). The van der Waals surface area contributed by atoms with Crippen LogP contribution in [0.2, 0.25) is 0 Å². The third kappa shape index (κ3) is 18.6. The van der Waals surface area contributed by atoms with Crippen molar-refractivity contribution >= 4 is 29.8 Å². The van der Waals surface area contributed by atoms with Gasteiger partial charge in [0.25, 0.3) is 0 Å². The summed E-state index contributed by atoms with van der Waals surface area (Å²) in [4.78, 5) is 62.1. The number of methoxy groups -OCH3 is 2. The van der Waals surface area contributed by atoms with Gasteiger partial charge in [-0.05, 0) is 91.8 Å². The molecule has 0 aliphatic heterocycles. The molecule has 0 bridgehead atoms. The first-order valence-corrected chi connectivity index (χ1v) is 21.9. The number of esters is 5. The molecule has 0 spiro atoms. The minimum Gasteiger partial charge on any atom is -0.493 e. The van der Waals surface area contributed by atoms with Crippen LogP contribution in [0, 0.1) is 17.3 Å². The number of carbonyl (C=O) groups is 5. The number of rotatable bonds is 28. The number of aryl methyl sites for hydroxylation is 1. The Balaban J connectivity index is 1.80. The van der Waals surface area contributed by atoms with E-state index in [9.17, 15) is 24.0 Å². The van der Waals surface area contributed by atoms with Gasteiger partial charge in [-0.1, -0.05) is 83.6 Å². The highest BCUT2D eigenvalue weighted by atomic mass is 16.6. The number of hydrogen-bond acceptors (Lipinski definition) is 14. The molecule has 344 valence electrons. The second kappa shape index (κ2) is 28.6. The third-order valence-electron chi connectivity index (χ3n) is 10.8. The first-order chi connectivity index (χ1) is 29.9. The smallest absolute Gasteiger partial charge is 0.417 e. The van der Waals surface area contributed by atoms with E-state index >= 15 is 0 Å². The topological polar surface area (TPSA) is 168 Å². The van der Waals surface area contributed by atoms with E-state index in [1.807, 2.05) is 49.4 Å². The molecular formula is C48H68O14. The fourth-order valence-electron chi connectivity index (χ4n) is 7.18. The largest absolute Gasteiger partial charge is 0.493 e. The lowest BCUT2D eigenvalue weighted by atomic mass is 9.80. The number of hydrogen-bond donors (Lipinski definition) is 0. The van der Waals surface area contributed by atoms with Crippen LogP contribution >= 0.6 is 0 Å². The molecule has 0 radical (unpaired) electrons. The van der Waals surface area contributed by atoms with Crippen LogP contribution in [0.3, 0.4) is 0 Å². The highest BCUT2D eigenvalue weighted by Crippen LogP contribution is 2.34. The van der Waals surface area contributed by atoms with Crippen LogP contribution in [0.15, 0.2) is 54.6 Å². The van der Waals surface area contributed by atoms with Gasteiger partial charge in [0.15, 0.2) is 0 Å². The van der Waals surface area contributed by atoms with E-state index < -0.39 is 48.5 Å². The van der Waals surface area contributed by atoms with E-state index in [-0.39, 0.29) is 39.6 Å². The van der Waals surface area contributed by atoms with E-state index in [0.717, 1.165) is 28.4 Å². The Bertz CT molecular complexity index is 1660. The minimum atomic E-state index is -1.25. The first-order valence-electron chi connectivity index (χ1n) is 21.9. The Morgan fingerprint density at radius 1 is 0.613 bits per heavy atom. The SMILES string of the molecule is C=C(C)C(=O)OCCCc1cc(-c2ccc(OCC3CCC(CCCCC)CC3)cc2)ccc1OCC(CCC)(COC(=O)C(=O)OCCOC)COC(=O)C(=O)OCCOC. The molecule has 2 aromatic rings. The van der Waals surface area contributed by atoms with Crippen LogP contribution in [0.1, 0.15) is 97.0 Å². The monoisotopic (exact) mass is 868 g/mol. The van der Waals surface area contributed by atoms with Gasteiger partial charge >= 0.3 is 29.8 Å². The summed E-state index contributed by atoms with van der Waals surface area (Å²) in [5.41, 5.74) is 1.76. The molecule has 0 aromatic heterocycles. The summed E-state index contributed by atoms with van der Waals surface area (Å²) in [6.45, 7) is 9.10. The number of carbonyl (C=O) groups excluding carboxylic acids is 5. The van der Waals surface area contributed by atoms with Crippen molar-refractivity contribution in [3.05, 3.63) is 60.2 Å². The Morgan fingerprint density at radius 3 is 1.74 bits per heavy atom. The van der Waals surface area contributed by atoms with Gasteiger partial charge < -0.3 is 42.6 Å². The molecule has 0 atom stereocenters. The predicted octanol–water partition coefficient (Wildman–Crippen LogP) is 7.80. The zero-order chi connectivity index (χ0) is 45.2. The highest BCUT2D eigenvalue weighted by Gasteiger charge is 2.37. The quantitative estimate of drug-likeness (QED) is 0.0267. The van der Waals surface area contributed by atoms with Crippen LogP contribution in [0.25, 0.3) is 11.1 Å². The molecule has 0 heterocycles. The Morgan fingerprint density at radius 2 is 1.18 bits per heavy atom. The summed E-state index contributed by atoms with van der Waals surface area (Å²) < 4.78 is 48.4. The lowest BCUT2D eigenvalue weighted by Crippen LogP contribution is -2.41. The zero-order valence-electron chi connectivity index (χ0n) is 37.5. The van der Waals surface area contributed by atoms with Gasteiger partial charge in [-0.25, -0.2) is 24.0 Å². The van der Waals surface area contributed by atoms with Crippen molar-refractivity contribution in [2.45, 2.75) is 97.8 Å². The van der Waals surface area contributed by atoms with E-state index in [1.54, 1.807) is 6.92 Å². The molecule has 0 amide bonds. The van der Waals surface area contributed by atoms with Crippen molar-refractivity contribution in [3.63, 3.8) is 0 Å². The van der Waals surface area contributed by atoms with Crippen molar-refractivity contribution in [2.24, 2.45) is 17.3 Å². The van der Waals surface area contributed by atoms with Gasteiger partial charge in [-0.2, -0.15) is 0 Å². The fourth-order valence-corrected chi connectivity index (χ4v) is 7.18. The standard InChI is InChI=1S/C48H68O14/c1-7-9-10-12-36-14-16-37(17-15-36)31-59-41-21-18-38(19-22-41)39-20-23-42(40(30-39)13-11-25-56-43(49)35(3)4)60-32-48(24-8-2,33-61-46(52)44(50)57-28-26-54-5)34-62-47(53)45(51)58-29-27-55-6/h18-23,30,36-37H,3,7-17,24-29,31-34H2,1-2,4-6H3. The number of benzene rings is 2. The van der Waals surface area contributed by atoms with Crippen molar-refractivity contribution in [3.8, 4) is 22.6 Å². The molecular weight excluding hydrogens is 801 g/mol. The van der Waals surface area contributed by atoms with Crippen LogP contribution in [0.5, 0.6) is 11.5 Å². The predicted molar refractivity (Wildman–Crippen MR) is 231 cm³/mol. The lowest BCUT2D eigenvalue weighted by molar-refractivity contribution is -0.176. The summed E-state index contributed by atoms with van der Waals surface area (Å²) in [5.74, 6) is -2.69. The first kappa shape index (κ1) is 51.4. The summed E-state index contributed by atoms with van der Waals surface area (Å²) in [7, 11) is 2.84. The average Bonchev–Trinajstić information content (AvgIpc) is 3.28. The van der Waals surface area contributed by atoms with Crippen LogP contribution < -0.4 is 9.47 Å². The van der Waals surface area contributed by atoms with Crippen LogP contribution in [0.4, 0.5) is 0 Å². The molecule has 14 nitrogen and oxygen atoms in total. The molecule has 62 heavy (non-hydrogen) atoms. The van der Waals surface area contributed by atoms with Crippen molar-refractivity contribution in [2.75, 3.05) is 73.7 Å². The molecule has 1 fully saturated rings. The molecule has 0 N–H and O–H groups in total. The maximum atomic E-state index is 12.7. The summed E-state index contributed by atoms with van der Waals surface area (Å²) in [6.07, 6.45) is 12.0. The van der Waals surface area contributed by atoms with Gasteiger partial charge in [-0.15, -0.1) is 0 Å². The van der Waals surface area contributed by atoms with Gasteiger partial charge in [-0.3, -0.25) is 0 Å². The highest BCUT2D eigenvalue weighted by molar-refractivity contribution is 6.30. The Hall–Kier alpha value is -4.95. The summed E-state index contributed by atoms with van der Waals surface area (Å²) in [6, 6.07) is 13.7. The minimum absolute atomic E-state index is 0.0836. The fraction of sp³-hybridized carbons (Fsp3) is 0.604. The molecule has 1 aliphatic rings. The third-order valence-corrected chi connectivity index (χ3v) is 10.8. The Kier molecular flexibility index (Phi) is 23.7. The maximum Gasteiger partial charge on any atom is 0.417 e. The average molecular weight is 869 g/mol. The Labute approximate surface area is 367 Å². The molecule has 1 saturated carbocycles. The molecule has 2 aromatic carbocycles. The second-order valence-electron chi connectivity index (χ2n) is 16.0. The second-order valence-corrected chi connectivity index (χ2v) is 16.0. The zero-order valence-corrected chi connectivity index (χ0v) is 37.5.